The number of carbonyl (C=O) groups is 1. The molecule has 0 amide bonds. The van der Waals surface area contributed by atoms with Crippen LogP contribution in [0.5, 0.6) is 0 Å². The molecule has 1 aromatic rings. The monoisotopic (exact) mass is 220 g/mol. The number of hydrogen-bond donors (Lipinski definition) is 1. The molecule has 3 heteroatoms. The first-order chi connectivity index (χ1) is 7.66. The molecule has 3 nitrogen and oxygen atoms in total. The molecule has 0 aliphatic carbocycles. The number of aldehydes is 1. The molecule has 16 heavy (non-hydrogen) atoms. The van der Waals surface area contributed by atoms with Gasteiger partial charge in [0.1, 0.15) is 12.4 Å². The Balaban J connectivity index is 2.28. The summed E-state index contributed by atoms with van der Waals surface area (Å²) in [6.45, 7) is 2.29. The predicted molar refractivity (Wildman–Crippen MR) is 59.9 cm³/mol. The highest BCUT2D eigenvalue weighted by Crippen LogP contribution is 2.37. The van der Waals surface area contributed by atoms with Gasteiger partial charge in [-0.15, -0.1) is 0 Å². The summed E-state index contributed by atoms with van der Waals surface area (Å²) in [5.41, 5.74) is -0.180. The van der Waals surface area contributed by atoms with Crippen molar-refractivity contribution in [2.45, 2.75) is 25.0 Å². The van der Waals surface area contributed by atoms with Gasteiger partial charge in [-0.3, -0.25) is 0 Å². The fraction of sp³-hybridized carbons (Fsp3) is 0.462. The van der Waals surface area contributed by atoms with Gasteiger partial charge in [0.15, 0.2) is 0 Å². The molecular weight excluding hydrogens is 204 g/mol. The summed E-state index contributed by atoms with van der Waals surface area (Å²) in [5.74, 6) is -0.160. The molecule has 86 valence electrons. The smallest absolute Gasteiger partial charge is 0.149 e. The number of benzene rings is 1. The first kappa shape index (κ1) is 11.3. The second-order valence-electron chi connectivity index (χ2n) is 4.38. The van der Waals surface area contributed by atoms with E-state index in [-0.39, 0.29) is 5.92 Å². The zero-order valence-corrected chi connectivity index (χ0v) is 9.30. The molecule has 3 atom stereocenters. The molecule has 0 bridgehead atoms. The van der Waals surface area contributed by atoms with Crippen LogP contribution >= 0.6 is 0 Å². The maximum atomic E-state index is 10.9. The van der Waals surface area contributed by atoms with Crippen molar-refractivity contribution in [1.29, 1.82) is 0 Å². The number of rotatable bonds is 3. The van der Waals surface area contributed by atoms with E-state index >= 15 is 0 Å². The van der Waals surface area contributed by atoms with Crippen LogP contribution in [0.1, 0.15) is 18.9 Å². The standard InChI is InChI=1S/C13H16O3/c1-13(15,10-5-3-2-4-6-10)11-7-8-16-12(11)9-14/h2-6,9,11-12,15H,7-8H2,1H3. The van der Waals surface area contributed by atoms with E-state index in [4.69, 9.17) is 4.74 Å². The molecule has 1 aliphatic rings. The van der Waals surface area contributed by atoms with Crippen LogP contribution in [0, 0.1) is 5.92 Å². The zero-order valence-electron chi connectivity index (χ0n) is 9.30. The minimum Gasteiger partial charge on any atom is -0.385 e. The van der Waals surface area contributed by atoms with Crippen LogP contribution in [0.15, 0.2) is 30.3 Å². The summed E-state index contributed by atoms with van der Waals surface area (Å²) >= 11 is 0. The summed E-state index contributed by atoms with van der Waals surface area (Å²) in [7, 11) is 0. The third kappa shape index (κ3) is 1.88. The molecule has 0 saturated carbocycles. The molecule has 1 aromatic carbocycles. The first-order valence-electron chi connectivity index (χ1n) is 5.51. The number of ether oxygens (including phenoxy) is 1. The van der Waals surface area contributed by atoms with E-state index in [1.54, 1.807) is 6.92 Å². The molecule has 1 fully saturated rings. The van der Waals surface area contributed by atoms with Gasteiger partial charge in [-0.1, -0.05) is 30.3 Å². The Kier molecular flexibility index (Phi) is 3.08. The van der Waals surface area contributed by atoms with E-state index in [9.17, 15) is 9.90 Å². The maximum Gasteiger partial charge on any atom is 0.149 e. The summed E-state index contributed by atoms with van der Waals surface area (Å²) in [5, 5.41) is 10.5. The van der Waals surface area contributed by atoms with Crippen LogP contribution in [0.4, 0.5) is 0 Å². The second kappa shape index (κ2) is 4.36. The first-order valence-corrected chi connectivity index (χ1v) is 5.51. The van der Waals surface area contributed by atoms with Gasteiger partial charge < -0.3 is 14.6 Å². The van der Waals surface area contributed by atoms with Crippen LogP contribution < -0.4 is 0 Å². The van der Waals surface area contributed by atoms with Gasteiger partial charge in [-0.25, -0.2) is 0 Å². The second-order valence-corrected chi connectivity index (χ2v) is 4.38. The third-order valence-electron chi connectivity index (χ3n) is 3.35. The Morgan fingerprint density at radius 3 is 2.75 bits per heavy atom. The fourth-order valence-electron chi connectivity index (χ4n) is 2.34. The van der Waals surface area contributed by atoms with Gasteiger partial charge >= 0.3 is 0 Å². The van der Waals surface area contributed by atoms with Crippen LogP contribution in [0.2, 0.25) is 0 Å². The van der Waals surface area contributed by atoms with E-state index in [0.717, 1.165) is 11.8 Å². The Bertz CT molecular complexity index is 359. The van der Waals surface area contributed by atoms with Gasteiger partial charge in [0.25, 0.3) is 0 Å². The van der Waals surface area contributed by atoms with E-state index < -0.39 is 11.7 Å². The molecule has 1 aliphatic heterocycles. The van der Waals surface area contributed by atoms with Crippen LogP contribution in [-0.2, 0) is 15.1 Å². The van der Waals surface area contributed by atoms with Crippen molar-refractivity contribution in [2.24, 2.45) is 5.92 Å². The molecule has 1 heterocycles. The van der Waals surface area contributed by atoms with Gasteiger partial charge in [0, 0.05) is 12.5 Å². The molecule has 0 aromatic heterocycles. The molecular formula is C13H16O3. The number of hydrogen-bond acceptors (Lipinski definition) is 3. The number of carbonyl (C=O) groups excluding carboxylic acids is 1. The topological polar surface area (TPSA) is 46.5 Å². The number of aliphatic hydroxyl groups is 1. The Labute approximate surface area is 95.0 Å². The molecule has 1 N–H and O–H groups in total. The van der Waals surface area contributed by atoms with E-state index in [2.05, 4.69) is 0 Å². The largest absolute Gasteiger partial charge is 0.385 e. The predicted octanol–water partition coefficient (Wildman–Crippen LogP) is 1.50. The maximum absolute atomic E-state index is 10.9. The van der Waals surface area contributed by atoms with E-state index in [1.165, 1.54) is 0 Å². The van der Waals surface area contributed by atoms with Crippen LogP contribution in [0.25, 0.3) is 0 Å². The summed E-state index contributed by atoms with van der Waals surface area (Å²) in [6, 6.07) is 9.42. The van der Waals surface area contributed by atoms with Crippen molar-refractivity contribution in [3.8, 4) is 0 Å². The lowest BCUT2D eigenvalue weighted by Gasteiger charge is -2.31. The van der Waals surface area contributed by atoms with Gasteiger partial charge in [-0.2, -0.15) is 0 Å². The van der Waals surface area contributed by atoms with E-state index in [0.29, 0.717) is 13.0 Å². The van der Waals surface area contributed by atoms with Gasteiger partial charge in [0.2, 0.25) is 0 Å². The lowest BCUT2D eigenvalue weighted by atomic mass is 9.79. The SMILES string of the molecule is CC(O)(c1ccccc1)C1CCOC1C=O. The molecule has 0 spiro atoms. The zero-order chi connectivity index (χ0) is 11.6. The molecule has 1 saturated heterocycles. The van der Waals surface area contributed by atoms with Crippen molar-refractivity contribution in [3.63, 3.8) is 0 Å². The van der Waals surface area contributed by atoms with Gasteiger partial charge in [0.05, 0.1) is 5.60 Å². The normalized spacial score (nSPS) is 28.6. The van der Waals surface area contributed by atoms with Crippen molar-refractivity contribution >= 4 is 6.29 Å². The molecule has 0 radical (unpaired) electrons. The van der Waals surface area contributed by atoms with Crippen molar-refractivity contribution in [1.82, 2.24) is 0 Å². The van der Waals surface area contributed by atoms with Gasteiger partial charge in [-0.05, 0) is 18.9 Å². The molecule has 2 rings (SSSR count). The highest BCUT2D eigenvalue weighted by atomic mass is 16.5. The third-order valence-corrected chi connectivity index (χ3v) is 3.35. The minimum atomic E-state index is -1.01. The van der Waals surface area contributed by atoms with Crippen molar-refractivity contribution < 1.29 is 14.6 Å². The lowest BCUT2D eigenvalue weighted by molar-refractivity contribution is -0.122. The van der Waals surface area contributed by atoms with Crippen LogP contribution in [0.3, 0.4) is 0 Å². The summed E-state index contributed by atoms with van der Waals surface area (Å²) in [4.78, 5) is 10.9. The highest BCUT2D eigenvalue weighted by molar-refractivity contribution is 5.57. The Morgan fingerprint density at radius 2 is 2.12 bits per heavy atom. The average molecular weight is 220 g/mol. The lowest BCUT2D eigenvalue weighted by Crippen LogP contribution is -2.37. The highest BCUT2D eigenvalue weighted by Gasteiger charge is 2.42. The van der Waals surface area contributed by atoms with Crippen LogP contribution in [-0.4, -0.2) is 24.1 Å². The fourth-order valence-corrected chi connectivity index (χ4v) is 2.34. The van der Waals surface area contributed by atoms with Crippen molar-refractivity contribution in [3.05, 3.63) is 35.9 Å². The van der Waals surface area contributed by atoms with E-state index in [1.807, 2.05) is 30.3 Å². The minimum absolute atomic E-state index is 0.160. The molecule has 3 unspecified atom stereocenters. The summed E-state index contributed by atoms with van der Waals surface area (Å²) < 4.78 is 5.29. The summed E-state index contributed by atoms with van der Waals surface area (Å²) in [6.07, 6.45) is 1.01. The Morgan fingerprint density at radius 1 is 1.44 bits per heavy atom. The quantitative estimate of drug-likeness (QED) is 0.785. The Hall–Kier alpha value is -1.19. The van der Waals surface area contributed by atoms with Crippen molar-refractivity contribution in [2.75, 3.05) is 6.61 Å². The average Bonchev–Trinajstić information content (AvgIpc) is 2.79.